The van der Waals surface area contributed by atoms with Crippen molar-refractivity contribution in [1.29, 1.82) is 0 Å². The summed E-state index contributed by atoms with van der Waals surface area (Å²) in [7, 11) is 0. The van der Waals surface area contributed by atoms with Crippen molar-refractivity contribution in [3.8, 4) is 0 Å². The average molecular weight is 269 g/mol. The molecule has 0 saturated carbocycles. The molecule has 3 nitrogen and oxygen atoms in total. The summed E-state index contributed by atoms with van der Waals surface area (Å²) in [6.07, 6.45) is 5.72. The van der Waals surface area contributed by atoms with Gasteiger partial charge in [-0.15, -0.1) is 0 Å². The third-order valence-electron chi connectivity index (χ3n) is 3.09. The molecule has 0 atom stereocenters. The van der Waals surface area contributed by atoms with Crippen molar-refractivity contribution in [3.63, 3.8) is 0 Å². The van der Waals surface area contributed by atoms with Crippen LogP contribution in [0.1, 0.15) is 12.5 Å². The second-order valence-corrected chi connectivity index (χ2v) is 5.22. The topological polar surface area (TPSA) is 30.7 Å². The predicted octanol–water partition coefficient (Wildman–Crippen LogP) is 3.74. The number of hydrogen-bond acceptors (Lipinski definition) is 3. The van der Waals surface area contributed by atoms with Crippen LogP contribution in [-0.4, -0.2) is 14.5 Å². The molecule has 0 aliphatic carbocycles. The van der Waals surface area contributed by atoms with Crippen molar-refractivity contribution in [2.45, 2.75) is 24.4 Å². The molecule has 0 spiro atoms. The van der Waals surface area contributed by atoms with Crippen LogP contribution in [0.4, 0.5) is 0 Å². The molecule has 0 N–H and O–H groups in total. The molecule has 1 aromatic carbocycles. The van der Waals surface area contributed by atoms with E-state index in [1.54, 1.807) is 11.8 Å². The second-order valence-electron chi connectivity index (χ2n) is 4.28. The summed E-state index contributed by atoms with van der Waals surface area (Å²) in [5.41, 5.74) is 2.35. The SMILES string of the molecule is CCn1ccnc1SCc1cccc2cccnc12. The van der Waals surface area contributed by atoms with Gasteiger partial charge in [0.2, 0.25) is 0 Å². The lowest BCUT2D eigenvalue weighted by atomic mass is 10.1. The first kappa shape index (κ1) is 12.2. The molecule has 0 saturated heterocycles. The van der Waals surface area contributed by atoms with E-state index in [1.807, 2.05) is 24.7 Å². The first-order valence-corrected chi connectivity index (χ1v) is 7.33. The maximum Gasteiger partial charge on any atom is 0.168 e. The van der Waals surface area contributed by atoms with Gasteiger partial charge in [-0.1, -0.05) is 36.0 Å². The van der Waals surface area contributed by atoms with E-state index in [9.17, 15) is 0 Å². The van der Waals surface area contributed by atoms with Crippen LogP contribution in [0.2, 0.25) is 0 Å². The molecular weight excluding hydrogens is 254 g/mol. The standard InChI is InChI=1S/C15H15N3S/c1-2-18-10-9-17-15(18)19-11-13-6-3-5-12-7-4-8-16-14(12)13/h3-10H,2,11H2,1H3. The summed E-state index contributed by atoms with van der Waals surface area (Å²) in [6.45, 7) is 3.08. The fourth-order valence-corrected chi connectivity index (χ4v) is 3.11. The van der Waals surface area contributed by atoms with Gasteiger partial charge < -0.3 is 4.57 Å². The number of rotatable bonds is 4. The van der Waals surface area contributed by atoms with Crippen molar-refractivity contribution in [3.05, 3.63) is 54.5 Å². The van der Waals surface area contributed by atoms with E-state index in [0.717, 1.165) is 23.0 Å². The number of fused-ring (bicyclic) bond motifs is 1. The maximum atomic E-state index is 4.48. The Balaban J connectivity index is 1.86. The summed E-state index contributed by atoms with van der Waals surface area (Å²) in [5.74, 6) is 0.894. The zero-order valence-electron chi connectivity index (χ0n) is 10.8. The molecule has 0 unspecified atom stereocenters. The Morgan fingerprint density at radius 2 is 2.00 bits per heavy atom. The Kier molecular flexibility index (Phi) is 3.51. The number of aromatic nitrogens is 3. The van der Waals surface area contributed by atoms with Crippen LogP contribution in [0.25, 0.3) is 10.9 Å². The van der Waals surface area contributed by atoms with Crippen LogP contribution in [0.3, 0.4) is 0 Å². The summed E-state index contributed by atoms with van der Waals surface area (Å²) in [4.78, 5) is 8.87. The Morgan fingerprint density at radius 3 is 2.89 bits per heavy atom. The van der Waals surface area contributed by atoms with Gasteiger partial charge in [0.15, 0.2) is 5.16 Å². The van der Waals surface area contributed by atoms with Crippen LogP contribution in [0, 0.1) is 0 Å². The first-order chi connectivity index (χ1) is 9.38. The van der Waals surface area contributed by atoms with Crippen LogP contribution >= 0.6 is 11.8 Å². The highest BCUT2D eigenvalue weighted by Crippen LogP contribution is 2.25. The zero-order valence-corrected chi connectivity index (χ0v) is 11.6. The molecule has 3 rings (SSSR count). The quantitative estimate of drug-likeness (QED) is 0.676. The summed E-state index contributed by atoms with van der Waals surface area (Å²) in [6, 6.07) is 10.4. The molecule has 96 valence electrons. The molecule has 2 aromatic heterocycles. The number of hydrogen-bond donors (Lipinski definition) is 0. The minimum Gasteiger partial charge on any atom is -0.326 e. The monoisotopic (exact) mass is 269 g/mol. The van der Waals surface area contributed by atoms with Crippen molar-refractivity contribution >= 4 is 22.7 Å². The normalized spacial score (nSPS) is 11.0. The lowest BCUT2D eigenvalue weighted by Crippen LogP contribution is -1.95. The lowest BCUT2D eigenvalue weighted by molar-refractivity contribution is 0.681. The fraction of sp³-hybridized carbons (Fsp3) is 0.200. The summed E-state index contributed by atoms with van der Waals surface area (Å²) >= 11 is 1.76. The van der Waals surface area contributed by atoms with Gasteiger partial charge in [-0.3, -0.25) is 4.98 Å². The fourth-order valence-electron chi connectivity index (χ4n) is 2.10. The van der Waals surface area contributed by atoms with Gasteiger partial charge in [-0.25, -0.2) is 4.98 Å². The van der Waals surface area contributed by atoms with Crippen LogP contribution in [0.15, 0.2) is 54.1 Å². The van der Waals surface area contributed by atoms with Crippen LogP contribution in [-0.2, 0) is 12.3 Å². The molecule has 0 aliphatic heterocycles. The minimum atomic E-state index is 0.894. The predicted molar refractivity (Wildman–Crippen MR) is 79.2 cm³/mol. The molecule has 2 heterocycles. The van der Waals surface area contributed by atoms with E-state index in [4.69, 9.17) is 0 Å². The Bertz CT molecular complexity index is 685. The van der Waals surface area contributed by atoms with Crippen molar-refractivity contribution in [2.75, 3.05) is 0 Å². The smallest absolute Gasteiger partial charge is 0.168 e. The summed E-state index contributed by atoms with van der Waals surface area (Å²) in [5, 5.41) is 2.26. The Labute approximate surface area is 116 Å². The van der Waals surface area contributed by atoms with Gasteiger partial charge in [-0.2, -0.15) is 0 Å². The summed E-state index contributed by atoms with van der Waals surface area (Å²) < 4.78 is 2.16. The van der Waals surface area contributed by atoms with Crippen LogP contribution < -0.4 is 0 Å². The van der Waals surface area contributed by atoms with Crippen LogP contribution in [0.5, 0.6) is 0 Å². The van der Waals surface area contributed by atoms with Gasteiger partial charge in [-0.05, 0) is 18.6 Å². The minimum absolute atomic E-state index is 0.894. The highest BCUT2D eigenvalue weighted by Gasteiger charge is 2.05. The average Bonchev–Trinajstić information content (AvgIpc) is 2.92. The highest BCUT2D eigenvalue weighted by molar-refractivity contribution is 7.98. The number of aryl methyl sites for hydroxylation is 1. The molecule has 19 heavy (non-hydrogen) atoms. The Hall–Kier alpha value is -1.81. The number of benzene rings is 1. The Morgan fingerprint density at radius 1 is 1.11 bits per heavy atom. The van der Waals surface area contributed by atoms with E-state index >= 15 is 0 Å². The number of para-hydroxylation sites is 1. The molecular formula is C15H15N3S. The van der Waals surface area contributed by atoms with E-state index in [1.165, 1.54) is 10.9 Å². The molecule has 0 bridgehead atoms. The molecule has 4 heteroatoms. The second kappa shape index (κ2) is 5.45. The van der Waals surface area contributed by atoms with E-state index < -0.39 is 0 Å². The van der Waals surface area contributed by atoms with E-state index in [-0.39, 0.29) is 0 Å². The number of imidazole rings is 1. The third kappa shape index (κ3) is 2.49. The largest absolute Gasteiger partial charge is 0.326 e. The van der Waals surface area contributed by atoms with Crippen molar-refractivity contribution in [2.24, 2.45) is 0 Å². The van der Waals surface area contributed by atoms with Crippen molar-refractivity contribution in [1.82, 2.24) is 14.5 Å². The zero-order chi connectivity index (χ0) is 13.1. The molecule has 0 amide bonds. The van der Waals surface area contributed by atoms with E-state index in [2.05, 4.69) is 45.7 Å². The maximum absolute atomic E-state index is 4.48. The first-order valence-electron chi connectivity index (χ1n) is 6.35. The molecule has 0 radical (unpaired) electrons. The van der Waals surface area contributed by atoms with E-state index in [0.29, 0.717) is 0 Å². The lowest BCUT2D eigenvalue weighted by Gasteiger charge is -2.06. The van der Waals surface area contributed by atoms with Gasteiger partial charge in [0.1, 0.15) is 0 Å². The highest BCUT2D eigenvalue weighted by atomic mass is 32.2. The van der Waals surface area contributed by atoms with Gasteiger partial charge in [0.25, 0.3) is 0 Å². The van der Waals surface area contributed by atoms with Gasteiger partial charge in [0, 0.05) is 36.3 Å². The number of pyridine rings is 1. The molecule has 0 aliphatic rings. The molecule has 0 fully saturated rings. The number of nitrogens with zero attached hydrogens (tertiary/aromatic N) is 3. The van der Waals surface area contributed by atoms with Gasteiger partial charge >= 0.3 is 0 Å². The van der Waals surface area contributed by atoms with Crippen molar-refractivity contribution < 1.29 is 0 Å². The molecule has 3 aromatic rings. The number of thioether (sulfide) groups is 1. The third-order valence-corrected chi connectivity index (χ3v) is 4.14. The van der Waals surface area contributed by atoms with Gasteiger partial charge in [0.05, 0.1) is 5.52 Å².